The molecule has 0 saturated heterocycles. The fourth-order valence-corrected chi connectivity index (χ4v) is 0.995. The van der Waals surface area contributed by atoms with Crippen LogP contribution in [0, 0.1) is 0 Å². The molecule has 4 heteroatoms. The van der Waals surface area contributed by atoms with Crippen LogP contribution < -0.4 is 10.9 Å². The van der Waals surface area contributed by atoms with Crippen molar-refractivity contribution in [2.45, 2.75) is 19.9 Å². The number of nitrogens with zero attached hydrogens (tertiary/aromatic N) is 1. The number of nitrogens with one attached hydrogen (secondary N) is 2. The van der Waals surface area contributed by atoms with Crippen molar-refractivity contribution < 1.29 is 0 Å². The van der Waals surface area contributed by atoms with Crippen LogP contribution in [0.3, 0.4) is 0 Å². The normalized spacial score (nSPS) is 10.2. The first-order valence-corrected chi connectivity index (χ1v) is 4.00. The van der Waals surface area contributed by atoms with Crippen LogP contribution >= 0.6 is 0 Å². The highest BCUT2D eigenvalue weighted by Crippen LogP contribution is 1.91. The van der Waals surface area contributed by atoms with Gasteiger partial charge in [-0.15, -0.1) is 0 Å². The first-order valence-electron chi connectivity index (χ1n) is 4.00. The summed E-state index contributed by atoms with van der Waals surface area (Å²) in [6.07, 6.45) is 0.792. The van der Waals surface area contributed by atoms with Crippen molar-refractivity contribution in [1.29, 1.82) is 0 Å². The molecule has 1 aromatic rings. The Morgan fingerprint density at radius 1 is 1.67 bits per heavy atom. The summed E-state index contributed by atoms with van der Waals surface area (Å²) in [7, 11) is 1.82. The van der Waals surface area contributed by atoms with Gasteiger partial charge in [0.05, 0.1) is 6.54 Å². The van der Waals surface area contributed by atoms with Crippen LogP contribution in [0.5, 0.6) is 0 Å². The first-order chi connectivity index (χ1) is 5.76. The molecular formula is C8H13N3O. The molecule has 0 aliphatic carbocycles. The molecule has 2 N–H and O–H groups in total. The third kappa shape index (κ3) is 2.17. The van der Waals surface area contributed by atoms with E-state index in [2.05, 4.69) is 15.3 Å². The molecule has 0 aliphatic rings. The van der Waals surface area contributed by atoms with E-state index in [1.807, 2.05) is 14.0 Å². The molecule has 0 amide bonds. The van der Waals surface area contributed by atoms with Crippen molar-refractivity contribution >= 4 is 0 Å². The second-order valence-electron chi connectivity index (χ2n) is 2.57. The molecule has 1 aromatic heterocycles. The van der Waals surface area contributed by atoms with Crippen molar-refractivity contribution in [2.75, 3.05) is 7.05 Å². The maximum atomic E-state index is 11.0. The third-order valence-electron chi connectivity index (χ3n) is 1.55. The quantitative estimate of drug-likeness (QED) is 0.669. The van der Waals surface area contributed by atoms with Gasteiger partial charge in [-0.3, -0.25) is 4.79 Å². The van der Waals surface area contributed by atoms with Crippen LogP contribution in [0.15, 0.2) is 10.9 Å². The average Bonchev–Trinajstić information content (AvgIpc) is 2.04. The van der Waals surface area contributed by atoms with Gasteiger partial charge in [0.1, 0.15) is 5.82 Å². The molecule has 1 rings (SSSR count). The zero-order valence-corrected chi connectivity index (χ0v) is 7.35. The maximum Gasteiger partial charge on any atom is 0.251 e. The predicted octanol–water partition coefficient (Wildman–Crippen LogP) is 0.0517. The summed E-state index contributed by atoms with van der Waals surface area (Å²) in [5.74, 6) is 0.696. The van der Waals surface area contributed by atoms with E-state index < -0.39 is 0 Å². The van der Waals surface area contributed by atoms with Crippen LogP contribution in [-0.2, 0) is 13.0 Å². The van der Waals surface area contributed by atoms with Crippen molar-refractivity contribution in [2.24, 2.45) is 0 Å². The molecule has 0 aliphatic heterocycles. The molecule has 66 valence electrons. The number of aromatic nitrogens is 2. The van der Waals surface area contributed by atoms with E-state index in [0.29, 0.717) is 12.4 Å². The largest absolute Gasteiger partial charge is 0.313 e. The van der Waals surface area contributed by atoms with E-state index in [1.54, 1.807) is 0 Å². The fraction of sp³-hybridized carbons (Fsp3) is 0.500. The van der Waals surface area contributed by atoms with Crippen LogP contribution in [0.1, 0.15) is 18.4 Å². The maximum absolute atomic E-state index is 11.0. The van der Waals surface area contributed by atoms with Gasteiger partial charge in [-0.2, -0.15) is 0 Å². The summed E-state index contributed by atoms with van der Waals surface area (Å²) < 4.78 is 0. The smallest absolute Gasteiger partial charge is 0.251 e. The zero-order valence-electron chi connectivity index (χ0n) is 7.35. The highest BCUT2D eigenvalue weighted by atomic mass is 16.1. The lowest BCUT2D eigenvalue weighted by Gasteiger charge is -2.00. The molecular weight excluding hydrogens is 154 g/mol. The van der Waals surface area contributed by atoms with Gasteiger partial charge in [-0.1, -0.05) is 6.92 Å². The van der Waals surface area contributed by atoms with Gasteiger partial charge < -0.3 is 10.3 Å². The van der Waals surface area contributed by atoms with Crippen LogP contribution in [0.25, 0.3) is 0 Å². The molecule has 0 fully saturated rings. The van der Waals surface area contributed by atoms with Crippen molar-refractivity contribution in [3.05, 3.63) is 27.9 Å². The van der Waals surface area contributed by atoms with Gasteiger partial charge in [0.25, 0.3) is 5.56 Å². The van der Waals surface area contributed by atoms with Crippen LogP contribution in [0.4, 0.5) is 0 Å². The molecule has 1 heterocycles. The summed E-state index contributed by atoms with van der Waals surface area (Å²) in [6, 6.07) is 1.53. The van der Waals surface area contributed by atoms with Crippen molar-refractivity contribution in [1.82, 2.24) is 15.3 Å². The summed E-state index contributed by atoms with van der Waals surface area (Å²) in [5.41, 5.74) is 0.760. The lowest BCUT2D eigenvalue weighted by atomic mass is 10.3. The summed E-state index contributed by atoms with van der Waals surface area (Å²) in [4.78, 5) is 17.9. The third-order valence-corrected chi connectivity index (χ3v) is 1.55. The summed E-state index contributed by atoms with van der Waals surface area (Å²) in [6.45, 7) is 2.58. The number of hydrogen-bond donors (Lipinski definition) is 2. The van der Waals surface area contributed by atoms with Gasteiger partial charge in [0, 0.05) is 11.8 Å². The standard InChI is InChI=1S/C8H13N3O/c1-3-6-4-8(12)11-7(10-6)5-9-2/h4,9H,3,5H2,1-2H3,(H,10,11,12). The van der Waals surface area contributed by atoms with E-state index in [4.69, 9.17) is 0 Å². The van der Waals surface area contributed by atoms with Gasteiger partial charge in [0.2, 0.25) is 0 Å². The molecule has 0 saturated carbocycles. The Hall–Kier alpha value is -1.16. The number of aromatic amines is 1. The average molecular weight is 167 g/mol. The highest BCUT2D eigenvalue weighted by molar-refractivity contribution is 5.02. The predicted molar refractivity (Wildman–Crippen MR) is 47.0 cm³/mol. The van der Waals surface area contributed by atoms with E-state index >= 15 is 0 Å². The van der Waals surface area contributed by atoms with E-state index in [-0.39, 0.29) is 5.56 Å². The molecule has 0 spiro atoms. The zero-order chi connectivity index (χ0) is 8.97. The molecule has 12 heavy (non-hydrogen) atoms. The van der Waals surface area contributed by atoms with Gasteiger partial charge >= 0.3 is 0 Å². The highest BCUT2D eigenvalue weighted by Gasteiger charge is 1.97. The molecule has 0 radical (unpaired) electrons. The molecule has 0 bridgehead atoms. The Kier molecular flexibility index (Phi) is 2.99. The van der Waals surface area contributed by atoms with Crippen LogP contribution in [0.2, 0.25) is 0 Å². The van der Waals surface area contributed by atoms with Crippen LogP contribution in [-0.4, -0.2) is 17.0 Å². The topological polar surface area (TPSA) is 57.8 Å². The Balaban J connectivity index is 2.98. The number of H-pyrrole nitrogens is 1. The fourth-order valence-electron chi connectivity index (χ4n) is 0.995. The molecule has 0 aromatic carbocycles. The number of rotatable bonds is 3. The van der Waals surface area contributed by atoms with E-state index in [1.165, 1.54) is 6.07 Å². The minimum Gasteiger partial charge on any atom is -0.313 e. The Morgan fingerprint density at radius 3 is 3.00 bits per heavy atom. The first kappa shape index (κ1) is 8.93. The summed E-state index contributed by atoms with van der Waals surface area (Å²) >= 11 is 0. The van der Waals surface area contributed by atoms with Gasteiger partial charge in [-0.25, -0.2) is 4.98 Å². The van der Waals surface area contributed by atoms with Gasteiger partial charge in [0.15, 0.2) is 0 Å². The van der Waals surface area contributed by atoms with Gasteiger partial charge in [-0.05, 0) is 13.5 Å². The SMILES string of the molecule is CCc1cc(=O)[nH]c(CNC)n1. The minimum absolute atomic E-state index is 0.0768. The van der Waals surface area contributed by atoms with E-state index in [9.17, 15) is 4.79 Å². The minimum atomic E-state index is -0.0768. The second-order valence-corrected chi connectivity index (χ2v) is 2.57. The monoisotopic (exact) mass is 167 g/mol. The Bertz CT molecular complexity index is 305. The molecule has 4 nitrogen and oxygen atoms in total. The second kappa shape index (κ2) is 4.01. The lowest BCUT2D eigenvalue weighted by Crippen LogP contribution is -2.17. The lowest BCUT2D eigenvalue weighted by molar-refractivity contribution is 0.741. The molecule has 0 atom stereocenters. The summed E-state index contributed by atoms with van der Waals surface area (Å²) in [5, 5.41) is 2.93. The number of aryl methyl sites for hydroxylation is 1. The number of hydrogen-bond acceptors (Lipinski definition) is 3. The van der Waals surface area contributed by atoms with E-state index in [0.717, 1.165) is 12.1 Å². The Labute approximate surface area is 71.0 Å². The van der Waals surface area contributed by atoms with Crippen molar-refractivity contribution in [3.63, 3.8) is 0 Å². The molecule has 0 unspecified atom stereocenters. The van der Waals surface area contributed by atoms with Crippen molar-refractivity contribution in [3.8, 4) is 0 Å². The Morgan fingerprint density at radius 2 is 2.42 bits per heavy atom.